The molecule has 0 saturated heterocycles. The number of carbonyl (C=O) groups is 1. The van der Waals surface area contributed by atoms with Crippen LogP contribution in [0.2, 0.25) is 0 Å². The predicted molar refractivity (Wildman–Crippen MR) is 74.1 cm³/mol. The molecule has 0 amide bonds. The maximum atomic E-state index is 12.3. The second-order valence-corrected chi connectivity index (χ2v) is 6.50. The van der Waals surface area contributed by atoms with Crippen molar-refractivity contribution >= 4 is 16.0 Å². The van der Waals surface area contributed by atoms with E-state index in [9.17, 15) is 13.2 Å². The van der Waals surface area contributed by atoms with Crippen LogP contribution < -0.4 is 9.46 Å². The smallest absolute Gasteiger partial charge is 0.335 e. The zero-order valence-corrected chi connectivity index (χ0v) is 12.5. The molecule has 116 valence electrons. The lowest BCUT2D eigenvalue weighted by Gasteiger charge is -2.34. The van der Waals surface area contributed by atoms with Crippen LogP contribution in [-0.2, 0) is 14.8 Å². The quantitative estimate of drug-likeness (QED) is 0.807. The SMILES string of the molecule is COc1cc(C(=O)O)ccc1S(=O)(=O)NC1CC(OC)C1. The highest BCUT2D eigenvalue weighted by Gasteiger charge is 2.33. The molecule has 0 heterocycles. The number of hydrogen-bond acceptors (Lipinski definition) is 5. The minimum absolute atomic E-state index is 0.00464. The first-order chi connectivity index (χ1) is 9.87. The monoisotopic (exact) mass is 315 g/mol. The van der Waals surface area contributed by atoms with Gasteiger partial charge >= 0.3 is 5.97 Å². The van der Waals surface area contributed by atoms with Crippen molar-refractivity contribution < 1.29 is 27.8 Å². The number of nitrogens with one attached hydrogen (secondary N) is 1. The Morgan fingerprint density at radius 2 is 2.00 bits per heavy atom. The van der Waals surface area contributed by atoms with Gasteiger partial charge in [-0.3, -0.25) is 0 Å². The predicted octanol–water partition coefficient (Wildman–Crippen LogP) is 0.849. The summed E-state index contributed by atoms with van der Waals surface area (Å²) in [6, 6.07) is 3.48. The van der Waals surface area contributed by atoms with Crippen molar-refractivity contribution in [1.82, 2.24) is 4.72 Å². The Balaban J connectivity index is 2.21. The third-order valence-corrected chi connectivity index (χ3v) is 5.01. The number of carboxylic acids is 1. The molecule has 7 nitrogen and oxygen atoms in total. The van der Waals surface area contributed by atoms with E-state index >= 15 is 0 Å². The summed E-state index contributed by atoms with van der Waals surface area (Å²) in [6.07, 6.45) is 1.31. The Labute approximate surface area is 122 Å². The Hall–Kier alpha value is -1.64. The fourth-order valence-electron chi connectivity index (χ4n) is 2.16. The molecule has 0 radical (unpaired) electrons. The number of methoxy groups -OCH3 is 2. The van der Waals surface area contributed by atoms with Crippen LogP contribution in [0.1, 0.15) is 23.2 Å². The van der Waals surface area contributed by atoms with Gasteiger partial charge in [0.05, 0.1) is 18.8 Å². The molecular weight excluding hydrogens is 298 g/mol. The molecule has 1 aliphatic carbocycles. The first-order valence-electron chi connectivity index (χ1n) is 6.34. The molecule has 0 unspecified atom stereocenters. The Kier molecular flexibility index (Phi) is 4.50. The van der Waals surface area contributed by atoms with Crippen molar-refractivity contribution in [3.63, 3.8) is 0 Å². The van der Waals surface area contributed by atoms with E-state index in [1.54, 1.807) is 7.11 Å². The van der Waals surface area contributed by atoms with Gasteiger partial charge < -0.3 is 14.6 Å². The van der Waals surface area contributed by atoms with E-state index in [1.807, 2.05) is 0 Å². The fraction of sp³-hybridized carbons (Fsp3) is 0.462. The van der Waals surface area contributed by atoms with Crippen LogP contribution in [0.15, 0.2) is 23.1 Å². The maximum Gasteiger partial charge on any atom is 0.335 e. The fourth-order valence-corrected chi connectivity index (χ4v) is 3.57. The van der Waals surface area contributed by atoms with Crippen molar-refractivity contribution in [3.8, 4) is 5.75 Å². The molecule has 0 aromatic heterocycles. The van der Waals surface area contributed by atoms with Crippen LogP contribution in [0.5, 0.6) is 5.75 Å². The van der Waals surface area contributed by atoms with E-state index in [0.29, 0.717) is 12.8 Å². The molecule has 0 atom stereocenters. The number of rotatable bonds is 6. The van der Waals surface area contributed by atoms with Crippen LogP contribution >= 0.6 is 0 Å². The van der Waals surface area contributed by atoms with E-state index in [1.165, 1.54) is 25.3 Å². The Morgan fingerprint density at radius 1 is 1.33 bits per heavy atom. The summed E-state index contributed by atoms with van der Waals surface area (Å²) in [6.45, 7) is 0. The second kappa shape index (κ2) is 6.00. The third-order valence-electron chi connectivity index (χ3n) is 3.45. The zero-order valence-electron chi connectivity index (χ0n) is 11.7. The van der Waals surface area contributed by atoms with Gasteiger partial charge in [-0.1, -0.05) is 0 Å². The molecule has 0 spiro atoms. The molecule has 1 aromatic rings. The van der Waals surface area contributed by atoms with Crippen LogP contribution in [0, 0.1) is 0 Å². The molecule has 2 rings (SSSR count). The van der Waals surface area contributed by atoms with Crippen molar-refractivity contribution in [2.24, 2.45) is 0 Å². The van der Waals surface area contributed by atoms with Gasteiger partial charge in [0.15, 0.2) is 0 Å². The van der Waals surface area contributed by atoms with Crippen molar-refractivity contribution in [2.45, 2.75) is 29.9 Å². The average molecular weight is 315 g/mol. The van der Waals surface area contributed by atoms with Crippen molar-refractivity contribution in [1.29, 1.82) is 0 Å². The van der Waals surface area contributed by atoms with E-state index in [-0.39, 0.29) is 28.4 Å². The Morgan fingerprint density at radius 3 is 2.52 bits per heavy atom. The minimum Gasteiger partial charge on any atom is -0.495 e. The normalized spacial score (nSPS) is 21.6. The van der Waals surface area contributed by atoms with Gasteiger partial charge in [-0.25, -0.2) is 17.9 Å². The molecule has 2 N–H and O–H groups in total. The summed E-state index contributed by atoms with van der Waals surface area (Å²) in [4.78, 5) is 10.8. The average Bonchev–Trinajstić information content (AvgIpc) is 2.41. The van der Waals surface area contributed by atoms with Crippen LogP contribution in [0.3, 0.4) is 0 Å². The minimum atomic E-state index is -3.76. The van der Waals surface area contributed by atoms with E-state index < -0.39 is 16.0 Å². The molecule has 21 heavy (non-hydrogen) atoms. The summed E-state index contributed by atoms with van der Waals surface area (Å²) >= 11 is 0. The topological polar surface area (TPSA) is 102 Å². The van der Waals surface area contributed by atoms with Gasteiger partial charge in [0.1, 0.15) is 10.6 Å². The molecule has 1 aromatic carbocycles. The molecule has 1 fully saturated rings. The number of sulfonamides is 1. The molecule has 1 saturated carbocycles. The highest BCUT2D eigenvalue weighted by atomic mass is 32.2. The highest BCUT2D eigenvalue weighted by molar-refractivity contribution is 7.89. The van der Waals surface area contributed by atoms with Gasteiger partial charge in [-0.15, -0.1) is 0 Å². The van der Waals surface area contributed by atoms with Crippen molar-refractivity contribution in [2.75, 3.05) is 14.2 Å². The van der Waals surface area contributed by atoms with Gasteiger partial charge in [-0.2, -0.15) is 0 Å². The van der Waals surface area contributed by atoms with Crippen LogP contribution in [-0.4, -0.2) is 45.9 Å². The number of ether oxygens (including phenoxy) is 2. The Bertz CT molecular complexity index is 636. The zero-order chi connectivity index (χ0) is 15.6. The van der Waals surface area contributed by atoms with Crippen molar-refractivity contribution in [3.05, 3.63) is 23.8 Å². The van der Waals surface area contributed by atoms with Crippen LogP contribution in [0.25, 0.3) is 0 Å². The second-order valence-electron chi connectivity index (χ2n) is 4.82. The van der Waals surface area contributed by atoms with E-state index in [0.717, 1.165) is 0 Å². The summed E-state index contributed by atoms with van der Waals surface area (Å²) in [5.41, 5.74) is -0.0334. The molecule has 1 aliphatic rings. The lowest BCUT2D eigenvalue weighted by Crippen LogP contribution is -2.47. The van der Waals surface area contributed by atoms with E-state index in [4.69, 9.17) is 14.6 Å². The van der Waals surface area contributed by atoms with Gasteiger partial charge in [0, 0.05) is 13.2 Å². The molecular formula is C13H17NO6S. The standard InChI is InChI=1S/C13H17NO6S/c1-19-10-6-9(7-10)14-21(17,18)12-4-3-8(13(15)16)5-11(12)20-2/h3-5,9-10,14H,6-7H2,1-2H3,(H,15,16). The lowest BCUT2D eigenvalue weighted by molar-refractivity contribution is 0.0236. The molecule has 8 heteroatoms. The summed E-state index contributed by atoms with van der Waals surface area (Å²) in [5, 5.41) is 8.91. The molecule has 0 bridgehead atoms. The summed E-state index contributed by atoms with van der Waals surface area (Å²) in [5.74, 6) is -1.14. The first-order valence-corrected chi connectivity index (χ1v) is 7.82. The van der Waals surface area contributed by atoms with Gasteiger partial charge in [0.25, 0.3) is 0 Å². The highest BCUT2D eigenvalue weighted by Crippen LogP contribution is 2.28. The number of carboxylic acid groups (broad SMARTS) is 1. The first kappa shape index (κ1) is 15.7. The third kappa shape index (κ3) is 3.34. The largest absolute Gasteiger partial charge is 0.495 e. The number of aromatic carboxylic acids is 1. The van der Waals surface area contributed by atoms with Gasteiger partial charge in [0.2, 0.25) is 10.0 Å². The molecule has 0 aliphatic heterocycles. The summed E-state index contributed by atoms with van der Waals surface area (Å²) < 4.78 is 37.3. The summed E-state index contributed by atoms with van der Waals surface area (Å²) in [7, 11) is -0.878. The number of hydrogen-bond donors (Lipinski definition) is 2. The lowest BCUT2D eigenvalue weighted by atomic mass is 9.90. The maximum absolute atomic E-state index is 12.3. The number of benzene rings is 1. The van der Waals surface area contributed by atoms with E-state index in [2.05, 4.69) is 4.72 Å². The van der Waals surface area contributed by atoms with Crippen LogP contribution in [0.4, 0.5) is 0 Å². The van der Waals surface area contributed by atoms with Gasteiger partial charge in [-0.05, 0) is 31.0 Å².